The summed E-state index contributed by atoms with van der Waals surface area (Å²) in [5.41, 5.74) is 6.31. The highest BCUT2D eigenvalue weighted by molar-refractivity contribution is 6.03. The summed E-state index contributed by atoms with van der Waals surface area (Å²) in [4.78, 5) is 30.0. The van der Waals surface area contributed by atoms with Gasteiger partial charge in [0.05, 0.1) is 23.8 Å². The molecule has 0 aliphatic heterocycles. The third kappa shape index (κ3) is 3.34. The number of methoxy groups -OCH3 is 1. The lowest BCUT2D eigenvalue weighted by molar-refractivity contribution is -0.144. The Morgan fingerprint density at radius 3 is 2.59 bits per heavy atom. The van der Waals surface area contributed by atoms with Crippen molar-refractivity contribution in [1.82, 2.24) is 29.5 Å². The van der Waals surface area contributed by atoms with Crippen molar-refractivity contribution >= 4 is 28.0 Å². The van der Waals surface area contributed by atoms with Gasteiger partial charge < -0.3 is 20.4 Å². The summed E-state index contributed by atoms with van der Waals surface area (Å²) in [7, 11) is 1.45. The van der Waals surface area contributed by atoms with Crippen LogP contribution in [-0.2, 0) is 6.18 Å². The van der Waals surface area contributed by atoms with Gasteiger partial charge in [0, 0.05) is 5.56 Å². The first kappa shape index (κ1) is 21.2. The van der Waals surface area contributed by atoms with Crippen molar-refractivity contribution in [3.05, 3.63) is 64.5 Å². The van der Waals surface area contributed by atoms with Gasteiger partial charge in [-0.3, -0.25) is 5.41 Å². The molecule has 2 aromatic carbocycles. The predicted octanol–water partition coefficient (Wildman–Crippen LogP) is 2.96. The van der Waals surface area contributed by atoms with Gasteiger partial charge in [0.25, 0.3) is 0 Å². The maximum atomic E-state index is 13.0. The van der Waals surface area contributed by atoms with Crippen LogP contribution >= 0.6 is 0 Å². The molecule has 0 saturated carbocycles. The molecule has 0 aliphatic carbocycles. The number of nitrogen functional groups attached to an aromatic ring is 1. The van der Waals surface area contributed by atoms with Crippen LogP contribution in [0.3, 0.4) is 0 Å². The molecule has 0 unspecified atom stereocenters. The molecule has 5 aromatic rings. The number of para-hydroxylation sites is 2. The number of aromatic nitrogens is 6. The smallest absolute Gasteiger partial charge is 0.449 e. The Morgan fingerprint density at radius 1 is 1.12 bits per heavy atom. The van der Waals surface area contributed by atoms with Crippen LogP contribution in [0, 0.1) is 5.41 Å². The molecular weight excluding hydrogens is 453 g/mol. The summed E-state index contributed by atoms with van der Waals surface area (Å²) >= 11 is 0. The lowest BCUT2D eigenvalue weighted by atomic mass is 10.2. The van der Waals surface area contributed by atoms with Gasteiger partial charge in [-0.25, -0.2) is 24.3 Å². The van der Waals surface area contributed by atoms with Crippen LogP contribution in [0.2, 0.25) is 0 Å². The third-order valence-corrected chi connectivity index (χ3v) is 5.13. The molecule has 34 heavy (non-hydrogen) atoms. The monoisotopic (exact) mass is 468 g/mol. The number of benzene rings is 2. The lowest BCUT2D eigenvalue weighted by Crippen LogP contribution is -2.16. The second kappa shape index (κ2) is 7.43. The van der Waals surface area contributed by atoms with E-state index >= 15 is 0 Å². The average molecular weight is 468 g/mol. The minimum Gasteiger partial charge on any atom is -0.495 e. The first-order valence-electron chi connectivity index (χ1n) is 9.75. The standard InChI is InChI=1S/C21H15F3N8O2/c1-34-13-5-3-2-4-12(13)32-18-15(30-20(32)33)14(16(25)26)29-17(31-18)9-6-7-10-11(8-9)28-19(27-10)21(22,23)24/h2-8H,1H3,(H3,25,26)(H,27,28)(H,30,33). The molecule has 0 fully saturated rings. The number of nitrogens with one attached hydrogen (secondary N) is 3. The highest BCUT2D eigenvalue weighted by Crippen LogP contribution is 2.31. The Morgan fingerprint density at radius 2 is 1.88 bits per heavy atom. The Labute approximate surface area is 187 Å². The average Bonchev–Trinajstić information content (AvgIpc) is 3.38. The highest BCUT2D eigenvalue weighted by Gasteiger charge is 2.34. The van der Waals surface area contributed by atoms with Crippen molar-refractivity contribution in [2.75, 3.05) is 7.11 Å². The van der Waals surface area contributed by atoms with Gasteiger partial charge in [-0.15, -0.1) is 0 Å². The zero-order valence-electron chi connectivity index (χ0n) is 17.4. The maximum absolute atomic E-state index is 13.0. The van der Waals surface area contributed by atoms with E-state index in [-0.39, 0.29) is 33.7 Å². The summed E-state index contributed by atoms with van der Waals surface area (Å²) in [5.74, 6) is -1.11. The number of hydrogen-bond donors (Lipinski definition) is 4. The Balaban J connectivity index is 1.77. The van der Waals surface area contributed by atoms with E-state index in [9.17, 15) is 18.0 Å². The number of rotatable bonds is 4. The first-order valence-corrected chi connectivity index (χ1v) is 9.75. The molecule has 3 heterocycles. The summed E-state index contributed by atoms with van der Waals surface area (Å²) in [5, 5.41) is 7.93. The fraction of sp³-hybridized carbons (Fsp3) is 0.0952. The molecular formula is C21H15F3N8O2. The lowest BCUT2D eigenvalue weighted by Gasteiger charge is -2.10. The quantitative estimate of drug-likeness (QED) is 0.235. The van der Waals surface area contributed by atoms with E-state index in [1.54, 1.807) is 24.3 Å². The molecule has 172 valence electrons. The molecule has 0 amide bonds. The largest absolute Gasteiger partial charge is 0.495 e. The minimum atomic E-state index is -4.63. The van der Waals surface area contributed by atoms with Crippen molar-refractivity contribution in [1.29, 1.82) is 5.41 Å². The molecule has 0 spiro atoms. The minimum absolute atomic E-state index is 0.0357. The van der Waals surface area contributed by atoms with Gasteiger partial charge in [0.1, 0.15) is 22.8 Å². The molecule has 13 heteroatoms. The van der Waals surface area contributed by atoms with Crippen molar-refractivity contribution in [3.63, 3.8) is 0 Å². The van der Waals surface area contributed by atoms with Crippen LogP contribution in [0.15, 0.2) is 47.3 Å². The molecule has 10 nitrogen and oxygen atoms in total. The van der Waals surface area contributed by atoms with Crippen molar-refractivity contribution in [3.8, 4) is 22.8 Å². The predicted molar refractivity (Wildman–Crippen MR) is 117 cm³/mol. The summed E-state index contributed by atoms with van der Waals surface area (Å²) in [6.07, 6.45) is -4.63. The first-order chi connectivity index (χ1) is 16.2. The number of halogens is 3. The molecule has 0 atom stereocenters. The Kier molecular flexibility index (Phi) is 4.63. The second-order valence-corrected chi connectivity index (χ2v) is 7.26. The summed E-state index contributed by atoms with van der Waals surface area (Å²) in [6.45, 7) is 0. The molecule has 3 aromatic heterocycles. The van der Waals surface area contributed by atoms with E-state index in [0.29, 0.717) is 17.0 Å². The topological polar surface area (TPSA) is 151 Å². The number of nitrogens with zero attached hydrogens (tertiary/aromatic N) is 4. The zero-order chi connectivity index (χ0) is 24.2. The number of ether oxygens (including phenoxy) is 1. The van der Waals surface area contributed by atoms with Crippen molar-refractivity contribution in [2.45, 2.75) is 6.18 Å². The van der Waals surface area contributed by atoms with E-state index in [4.69, 9.17) is 15.9 Å². The Bertz CT molecular complexity index is 1650. The maximum Gasteiger partial charge on any atom is 0.449 e. The zero-order valence-corrected chi connectivity index (χ0v) is 17.4. The van der Waals surface area contributed by atoms with Gasteiger partial charge in [-0.1, -0.05) is 12.1 Å². The molecule has 0 bridgehead atoms. The molecule has 5 rings (SSSR count). The molecule has 5 N–H and O–H groups in total. The second-order valence-electron chi connectivity index (χ2n) is 7.26. The van der Waals surface area contributed by atoms with E-state index in [0.717, 1.165) is 0 Å². The van der Waals surface area contributed by atoms with Gasteiger partial charge in [0.15, 0.2) is 11.5 Å². The van der Waals surface area contributed by atoms with Crippen LogP contribution < -0.4 is 16.2 Å². The van der Waals surface area contributed by atoms with Crippen LogP contribution in [-0.4, -0.2) is 42.4 Å². The normalized spacial score (nSPS) is 11.9. The number of H-pyrrole nitrogens is 2. The Hall–Kier alpha value is -4.68. The number of amidine groups is 1. The van der Waals surface area contributed by atoms with Crippen molar-refractivity contribution in [2.24, 2.45) is 5.73 Å². The van der Waals surface area contributed by atoms with Gasteiger partial charge in [-0.05, 0) is 30.3 Å². The van der Waals surface area contributed by atoms with E-state index in [1.165, 1.54) is 29.9 Å². The van der Waals surface area contributed by atoms with Gasteiger partial charge in [-0.2, -0.15) is 13.2 Å². The number of hydrogen-bond acceptors (Lipinski definition) is 6. The molecule has 0 saturated heterocycles. The SMILES string of the molecule is COc1ccccc1-n1c(=O)[nH]c2c(C(=N)N)nc(-c3ccc4nc(C(F)(F)F)[nH]c4c3)nc21. The fourth-order valence-electron chi connectivity index (χ4n) is 3.63. The number of aromatic amines is 2. The van der Waals surface area contributed by atoms with E-state index in [2.05, 4.69) is 24.9 Å². The number of nitrogens with two attached hydrogens (primary N) is 1. The van der Waals surface area contributed by atoms with E-state index < -0.39 is 23.5 Å². The van der Waals surface area contributed by atoms with Crippen LogP contribution in [0.4, 0.5) is 13.2 Å². The third-order valence-electron chi connectivity index (χ3n) is 5.13. The van der Waals surface area contributed by atoms with Crippen molar-refractivity contribution < 1.29 is 17.9 Å². The van der Waals surface area contributed by atoms with Gasteiger partial charge >= 0.3 is 11.9 Å². The number of alkyl halides is 3. The van der Waals surface area contributed by atoms with Gasteiger partial charge in [0.2, 0.25) is 5.82 Å². The molecule has 0 radical (unpaired) electrons. The fourth-order valence-corrected chi connectivity index (χ4v) is 3.63. The number of fused-ring (bicyclic) bond motifs is 2. The highest BCUT2D eigenvalue weighted by atomic mass is 19.4. The number of imidazole rings is 2. The van der Waals surface area contributed by atoms with Crippen LogP contribution in [0.25, 0.3) is 39.3 Å². The van der Waals surface area contributed by atoms with Crippen LogP contribution in [0.5, 0.6) is 5.75 Å². The van der Waals surface area contributed by atoms with Crippen LogP contribution in [0.1, 0.15) is 11.5 Å². The van der Waals surface area contributed by atoms with E-state index in [1.807, 2.05) is 0 Å². The summed E-state index contributed by atoms with van der Waals surface area (Å²) < 4.78 is 45.7. The summed E-state index contributed by atoms with van der Waals surface area (Å²) in [6, 6.07) is 11.0. The molecule has 0 aliphatic rings.